The minimum atomic E-state index is -6.18. The number of aliphatic hydroxyl groups is 1. The molecule has 3 aliphatic heterocycles. The molecule has 3 aromatic rings. The van der Waals surface area contributed by atoms with Crippen molar-refractivity contribution < 1.29 is 172 Å². The van der Waals surface area contributed by atoms with Crippen LogP contribution in [-0.4, -0.2) is 113 Å². The van der Waals surface area contributed by atoms with Crippen LogP contribution in [0.5, 0.6) is 0 Å². The number of hydrogen-bond donors (Lipinski definition) is 5. The fourth-order valence-electron chi connectivity index (χ4n) is 9.66. The van der Waals surface area contributed by atoms with E-state index in [9.17, 15) is 78.6 Å². The van der Waals surface area contributed by atoms with Crippen molar-refractivity contribution in [2.24, 2.45) is 0 Å². The molecule has 4 heterocycles. The number of aromatic amines is 1. The number of rotatable bonds is 26. The number of aliphatic hydroxyl groups excluding tert-OH is 1. The van der Waals surface area contributed by atoms with Crippen LogP contribution >= 0.6 is 23.5 Å². The van der Waals surface area contributed by atoms with E-state index in [1.54, 1.807) is 12.1 Å². The number of H-pyrrole nitrogens is 1. The number of nitrogens with zero attached hydrogens (tertiary/aromatic N) is 3. The van der Waals surface area contributed by atoms with Gasteiger partial charge in [-0.05, 0) is 81.5 Å². The molecular weight excluding hydrogens is 1220 g/mol. The smallest absolute Gasteiger partial charge is 0.756 e. The maximum atomic E-state index is 12.7. The number of phosphoric acid groups is 3. The van der Waals surface area contributed by atoms with Crippen LogP contribution in [0.15, 0.2) is 98.1 Å². The molecule has 37 heteroatoms. The summed E-state index contributed by atoms with van der Waals surface area (Å²) in [4.78, 5) is 96.1. The second-order valence-corrected chi connectivity index (χ2v) is 27.5. The van der Waals surface area contributed by atoms with Crippen LogP contribution in [0.3, 0.4) is 0 Å². The van der Waals surface area contributed by atoms with Gasteiger partial charge in [-0.25, -0.2) is 30.3 Å². The van der Waals surface area contributed by atoms with Gasteiger partial charge in [0.2, 0.25) is 17.5 Å². The molecule has 2 amide bonds. The molecule has 454 valence electrons. The van der Waals surface area contributed by atoms with Gasteiger partial charge in [-0.15, -0.1) is 0 Å². The van der Waals surface area contributed by atoms with Crippen molar-refractivity contribution in [1.29, 1.82) is 0 Å². The standard InChI is InChI=1S/C50H65N6O22P3S2.4Li/c1-49(2)36-28-34(82(69,70)71)21-23-38(36)54(5)42(49)17-9-6-10-18-43-50(3,4)37-29-35(83(72,73)74)22-24-39(37)55(43)27-14-8-12-20-44(58)51-25-13-7-11-19-45(59)52-26-15-16-33-31-56(48(61)53-47(33)60)46-30-40(57)41(76-46)32-75-80(65,66)78-81(67,68)77-79(62,63)64;;;;/h6,9-10,17-18,21-24,28-29,31,40-41,46,57H,7-8,11-14,19-20,25-27,30,32H2,1-5H3,(H8-,51,52,53,58,59,60,61,62,63,64,65,66,67,68,69,70,71,72,73,74);;;;/q;4*+1/p-4. The molecule has 6 rings (SSSR count). The zero-order valence-corrected chi connectivity index (χ0v) is 53.7. The minimum absolute atomic E-state index is 0. The minimum Gasteiger partial charge on any atom is -0.756 e. The Kier molecular flexibility index (Phi) is 30.2. The van der Waals surface area contributed by atoms with Crippen LogP contribution in [0, 0.1) is 11.8 Å². The topological polar surface area (TPSA) is 431 Å². The fraction of sp³-hybridized carbons (Fsp3) is 0.460. The van der Waals surface area contributed by atoms with Crippen LogP contribution < -0.4 is 117 Å². The van der Waals surface area contributed by atoms with Crippen molar-refractivity contribution in [2.75, 3.05) is 38.2 Å². The molecule has 0 bridgehead atoms. The van der Waals surface area contributed by atoms with Crippen molar-refractivity contribution in [1.82, 2.24) is 20.2 Å². The number of benzene rings is 2. The molecule has 0 saturated carbocycles. The van der Waals surface area contributed by atoms with Crippen LogP contribution in [0.2, 0.25) is 0 Å². The quantitative estimate of drug-likeness (QED) is 0.00947. The summed E-state index contributed by atoms with van der Waals surface area (Å²) in [6.07, 6.45) is 9.63. The van der Waals surface area contributed by atoms with E-state index in [1.807, 2.05) is 74.7 Å². The zero-order valence-electron chi connectivity index (χ0n) is 49.4. The predicted octanol–water partition coefficient (Wildman–Crippen LogP) is -10.3. The van der Waals surface area contributed by atoms with E-state index >= 15 is 0 Å². The van der Waals surface area contributed by atoms with Crippen LogP contribution in [0.25, 0.3) is 0 Å². The van der Waals surface area contributed by atoms with Crippen molar-refractivity contribution in [3.8, 4) is 11.8 Å². The van der Waals surface area contributed by atoms with E-state index in [0.29, 0.717) is 62.7 Å². The number of anilines is 1. The molecule has 3 aliphatic rings. The summed E-state index contributed by atoms with van der Waals surface area (Å²) in [6, 6.07) is 8.67. The third-order valence-corrected chi connectivity index (χ3v) is 19.1. The van der Waals surface area contributed by atoms with Crippen LogP contribution in [0.4, 0.5) is 11.4 Å². The van der Waals surface area contributed by atoms with E-state index in [0.717, 1.165) is 33.5 Å². The molecule has 1 saturated heterocycles. The first-order valence-corrected chi connectivity index (χ1v) is 32.8. The number of phosphoric ester groups is 1. The number of carbonyl (C=O) groups is 2. The third kappa shape index (κ3) is 22.0. The summed E-state index contributed by atoms with van der Waals surface area (Å²) in [7, 11) is -25.6. The molecule has 6 unspecified atom stereocenters. The van der Waals surface area contributed by atoms with Gasteiger partial charge in [0.1, 0.15) is 45.2 Å². The number of fused-ring (bicyclic) bond motifs is 2. The third-order valence-electron chi connectivity index (χ3n) is 13.7. The summed E-state index contributed by atoms with van der Waals surface area (Å²) >= 11 is 0. The SMILES string of the molecule is C[N+]1=C(/C=C/C=C/C=C2/N(CCCCCC(=O)NCCCCCC(=O)NCC#Cc3cn(C4CC(O)C(COP(=O)([O-])OP(=O)([O-])OP(=O)([O-])O)O4)c(=O)[nH]c3=O)c3ccc(S(=O)(=O)[O-])cc3C2(C)C)C(C)(C)c2cc(S(=O)(=O)[O-])ccc21.[Li+].[Li+].[Li+].[Li+]. The average Bonchev–Trinajstić information content (AvgIpc) is 1.62. The van der Waals surface area contributed by atoms with E-state index in [-0.39, 0.29) is 128 Å². The predicted molar refractivity (Wildman–Crippen MR) is 288 cm³/mol. The van der Waals surface area contributed by atoms with Crippen LogP contribution in [0.1, 0.15) is 108 Å². The second kappa shape index (κ2) is 32.9. The molecule has 87 heavy (non-hydrogen) atoms. The molecule has 6 atom stereocenters. The number of aromatic nitrogens is 2. The largest absolute Gasteiger partial charge is 1.00 e. The van der Waals surface area contributed by atoms with Gasteiger partial charge < -0.3 is 58.6 Å². The van der Waals surface area contributed by atoms with Gasteiger partial charge in [0.05, 0.1) is 34.5 Å². The van der Waals surface area contributed by atoms with Gasteiger partial charge in [-0.1, -0.05) is 56.8 Å². The first kappa shape index (κ1) is 79.9. The zero-order chi connectivity index (χ0) is 61.5. The van der Waals surface area contributed by atoms with E-state index in [4.69, 9.17) is 9.63 Å². The molecule has 1 aromatic heterocycles. The molecule has 0 aliphatic carbocycles. The fourth-order valence-corrected chi connectivity index (χ4v) is 13.6. The van der Waals surface area contributed by atoms with E-state index in [1.165, 1.54) is 24.3 Å². The van der Waals surface area contributed by atoms with Gasteiger partial charge >= 0.3 is 81.1 Å². The Bertz CT molecular complexity index is 3710. The summed E-state index contributed by atoms with van der Waals surface area (Å²) < 4.78 is 125. The number of ether oxygens (including phenoxy) is 1. The Morgan fingerprint density at radius 1 is 0.828 bits per heavy atom. The Hall–Kier alpha value is -3.15. The number of nitrogens with one attached hydrogen (secondary N) is 3. The normalized spacial score (nSPS) is 20.1. The van der Waals surface area contributed by atoms with E-state index < -0.39 is 90.8 Å². The summed E-state index contributed by atoms with van der Waals surface area (Å²) in [6.45, 7) is 7.38. The van der Waals surface area contributed by atoms with Gasteiger partial charge in [-0.3, -0.25) is 37.6 Å². The Morgan fingerprint density at radius 3 is 2.05 bits per heavy atom. The first-order chi connectivity index (χ1) is 38.5. The average molecular weight is 1280 g/mol. The second-order valence-electron chi connectivity index (χ2n) is 20.4. The monoisotopic (exact) mass is 1280 g/mol. The summed E-state index contributed by atoms with van der Waals surface area (Å²) in [5.74, 6) is 4.60. The maximum absolute atomic E-state index is 12.7. The molecule has 2 aromatic carbocycles. The molecular formula is C50H61Li4N6O22P3S2. The van der Waals surface area contributed by atoms with Crippen molar-refractivity contribution in [2.45, 2.75) is 125 Å². The summed E-state index contributed by atoms with van der Waals surface area (Å²) in [5.41, 5.74) is 1.11. The maximum Gasteiger partial charge on any atom is 1.00 e. The number of hydrogen-bond acceptors (Lipinski definition) is 22. The first-order valence-electron chi connectivity index (χ1n) is 25.6. The number of unbranched alkanes of at least 4 members (excludes halogenated alkanes) is 4. The van der Waals surface area contributed by atoms with Gasteiger partial charge in [-0.2, -0.15) is 4.58 Å². The number of amides is 2. The van der Waals surface area contributed by atoms with Gasteiger partial charge in [0.15, 0.2) is 5.71 Å². The van der Waals surface area contributed by atoms with E-state index in [2.05, 4.69) is 40.5 Å². The Labute approximate surface area is 551 Å². The van der Waals surface area contributed by atoms with Crippen LogP contribution in [-0.2, 0) is 72.2 Å². The number of allylic oxidation sites excluding steroid dienone is 6. The van der Waals surface area contributed by atoms with Crippen molar-refractivity contribution >= 4 is 72.6 Å². The molecule has 0 radical (unpaired) electrons. The molecule has 5 N–H and O–H groups in total. The summed E-state index contributed by atoms with van der Waals surface area (Å²) in [5, 5.41) is 15.8. The van der Waals surface area contributed by atoms with Gasteiger partial charge in [0, 0.05) is 73.1 Å². The van der Waals surface area contributed by atoms with Gasteiger partial charge in [0.25, 0.3) is 29.0 Å². The molecule has 1 fully saturated rings. The molecule has 0 spiro atoms. The number of carbonyl (C=O) groups excluding carboxylic acids is 2. The molecule has 28 nitrogen and oxygen atoms in total. The Balaban J connectivity index is 0.00000645. The van der Waals surface area contributed by atoms with Crippen molar-refractivity contribution in [3.05, 3.63) is 116 Å². The van der Waals surface area contributed by atoms with Crippen molar-refractivity contribution in [3.63, 3.8) is 0 Å². The Morgan fingerprint density at radius 2 is 1.43 bits per heavy atom.